The van der Waals surface area contributed by atoms with E-state index in [4.69, 9.17) is 16.7 Å². The highest BCUT2D eigenvalue weighted by molar-refractivity contribution is 7.89. The van der Waals surface area contributed by atoms with E-state index in [1.54, 1.807) is 6.92 Å². The van der Waals surface area contributed by atoms with Gasteiger partial charge in [-0.05, 0) is 31.5 Å². The number of hydrogen-bond donors (Lipinski definition) is 1. The van der Waals surface area contributed by atoms with Gasteiger partial charge in [0.2, 0.25) is 0 Å². The molecule has 0 spiro atoms. The summed E-state index contributed by atoms with van der Waals surface area (Å²) in [6.45, 7) is 3.03. The lowest BCUT2D eigenvalue weighted by molar-refractivity contribution is 0.173. The molecular formula is C10H12ClNO4S. The lowest BCUT2D eigenvalue weighted by Crippen LogP contribution is -2.35. The molecule has 0 radical (unpaired) electrons. The molecule has 7 heteroatoms. The van der Waals surface area contributed by atoms with Crippen molar-refractivity contribution in [2.45, 2.75) is 18.7 Å². The van der Waals surface area contributed by atoms with Crippen molar-refractivity contribution in [1.82, 2.24) is 4.31 Å². The van der Waals surface area contributed by atoms with Gasteiger partial charge >= 0.3 is 6.09 Å². The third kappa shape index (κ3) is 2.70. The van der Waals surface area contributed by atoms with Crippen LogP contribution >= 0.6 is 11.6 Å². The molecule has 1 aromatic rings. The molecule has 17 heavy (non-hydrogen) atoms. The van der Waals surface area contributed by atoms with Gasteiger partial charge in [-0.2, -0.15) is 0 Å². The Hall–Kier alpha value is -1.27. The first-order chi connectivity index (χ1) is 7.80. The normalized spacial score (nSPS) is 11.2. The van der Waals surface area contributed by atoms with Crippen LogP contribution < -0.4 is 0 Å². The number of halogens is 1. The summed E-state index contributed by atoms with van der Waals surface area (Å²) in [7, 11) is -4.04. The van der Waals surface area contributed by atoms with Gasteiger partial charge in [-0.3, -0.25) is 0 Å². The van der Waals surface area contributed by atoms with E-state index in [-0.39, 0.29) is 16.5 Å². The lowest BCUT2D eigenvalue weighted by Gasteiger charge is -2.17. The number of benzene rings is 1. The fourth-order valence-electron chi connectivity index (χ4n) is 1.27. The minimum atomic E-state index is -4.04. The maximum absolute atomic E-state index is 12.0. The van der Waals surface area contributed by atoms with Crippen molar-refractivity contribution in [2.75, 3.05) is 6.54 Å². The van der Waals surface area contributed by atoms with Crippen LogP contribution in [0.2, 0.25) is 5.02 Å². The highest BCUT2D eigenvalue weighted by Gasteiger charge is 2.27. The molecule has 0 atom stereocenters. The van der Waals surface area contributed by atoms with Gasteiger partial charge in [0.1, 0.15) is 0 Å². The van der Waals surface area contributed by atoms with Crippen LogP contribution in [0.1, 0.15) is 12.5 Å². The minimum absolute atomic E-state index is 0.127. The van der Waals surface area contributed by atoms with E-state index in [0.717, 1.165) is 5.56 Å². The number of hydrogen-bond acceptors (Lipinski definition) is 3. The summed E-state index contributed by atoms with van der Waals surface area (Å²) in [4.78, 5) is 10.7. The molecular weight excluding hydrogens is 266 g/mol. The smallest absolute Gasteiger partial charge is 0.421 e. The SMILES string of the molecule is CCN(C(=O)O)S(=O)(=O)c1ccc(C)c(Cl)c1. The molecule has 5 nitrogen and oxygen atoms in total. The van der Waals surface area contributed by atoms with Gasteiger partial charge in [0.15, 0.2) is 0 Å². The van der Waals surface area contributed by atoms with Gasteiger partial charge in [0.05, 0.1) is 4.90 Å². The largest absolute Gasteiger partial charge is 0.464 e. The summed E-state index contributed by atoms with van der Waals surface area (Å²) in [6.07, 6.45) is -1.51. The van der Waals surface area contributed by atoms with Gasteiger partial charge < -0.3 is 5.11 Å². The highest BCUT2D eigenvalue weighted by atomic mass is 35.5. The summed E-state index contributed by atoms with van der Waals surface area (Å²) in [5, 5.41) is 9.09. The third-order valence-corrected chi connectivity index (χ3v) is 4.48. The zero-order valence-corrected chi connectivity index (χ0v) is 10.9. The quantitative estimate of drug-likeness (QED) is 0.920. The average Bonchev–Trinajstić information content (AvgIpc) is 2.21. The van der Waals surface area contributed by atoms with Crippen molar-refractivity contribution in [2.24, 2.45) is 0 Å². The molecule has 1 amide bonds. The first-order valence-corrected chi connectivity index (χ1v) is 6.64. The average molecular weight is 278 g/mol. The molecule has 94 valence electrons. The Labute approximate surface area is 105 Å². The van der Waals surface area contributed by atoms with Gasteiger partial charge in [0.25, 0.3) is 10.0 Å². The summed E-state index contributed by atoms with van der Waals surface area (Å²) < 4.78 is 24.3. The number of carbonyl (C=O) groups is 1. The zero-order valence-electron chi connectivity index (χ0n) is 9.34. The Morgan fingerprint density at radius 1 is 1.47 bits per heavy atom. The van der Waals surface area contributed by atoms with Crippen LogP contribution in [0, 0.1) is 6.92 Å². The van der Waals surface area contributed by atoms with Crippen molar-refractivity contribution in [3.05, 3.63) is 28.8 Å². The van der Waals surface area contributed by atoms with Crippen LogP contribution in [0.4, 0.5) is 4.79 Å². The van der Waals surface area contributed by atoms with Crippen LogP contribution in [0.25, 0.3) is 0 Å². The Balaban J connectivity index is 3.30. The Bertz CT molecular complexity index is 541. The topological polar surface area (TPSA) is 74.7 Å². The predicted octanol–water partition coefficient (Wildman–Crippen LogP) is 2.34. The second kappa shape index (κ2) is 4.93. The predicted molar refractivity (Wildman–Crippen MR) is 63.8 cm³/mol. The van der Waals surface area contributed by atoms with Crippen LogP contribution in [-0.2, 0) is 10.0 Å². The van der Waals surface area contributed by atoms with E-state index in [0.29, 0.717) is 4.31 Å². The van der Waals surface area contributed by atoms with E-state index >= 15 is 0 Å². The van der Waals surface area contributed by atoms with Crippen molar-refractivity contribution in [3.63, 3.8) is 0 Å². The van der Waals surface area contributed by atoms with Crippen molar-refractivity contribution < 1.29 is 18.3 Å². The van der Waals surface area contributed by atoms with Gasteiger partial charge in [-0.25, -0.2) is 17.5 Å². The van der Waals surface area contributed by atoms with Crippen LogP contribution in [0.5, 0.6) is 0 Å². The van der Waals surface area contributed by atoms with Gasteiger partial charge in [0, 0.05) is 11.6 Å². The second-order valence-electron chi connectivity index (χ2n) is 3.36. The molecule has 0 heterocycles. The second-order valence-corrected chi connectivity index (χ2v) is 5.63. The Morgan fingerprint density at radius 2 is 2.06 bits per heavy atom. The monoisotopic (exact) mass is 277 g/mol. The molecule has 1 aromatic carbocycles. The van der Waals surface area contributed by atoms with Crippen LogP contribution in [0.3, 0.4) is 0 Å². The van der Waals surface area contributed by atoms with Crippen LogP contribution in [-0.4, -0.2) is 30.5 Å². The standard InChI is InChI=1S/C10H12ClNO4S/c1-3-12(10(13)14)17(15,16)8-5-4-7(2)9(11)6-8/h4-6H,3H2,1-2H3,(H,13,14). The molecule has 0 aromatic heterocycles. The first-order valence-electron chi connectivity index (χ1n) is 4.82. The van der Waals surface area contributed by atoms with Gasteiger partial charge in [-0.15, -0.1) is 0 Å². The molecule has 0 fully saturated rings. The lowest BCUT2D eigenvalue weighted by atomic mass is 10.2. The highest BCUT2D eigenvalue weighted by Crippen LogP contribution is 2.22. The number of amides is 1. The molecule has 0 aliphatic carbocycles. The molecule has 0 saturated carbocycles. The minimum Gasteiger partial charge on any atom is -0.464 e. The fraction of sp³-hybridized carbons (Fsp3) is 0.300. The van der Waals surface area contributed by atoms with E-state index in [1.165, 1.54) is 25.1 Å². The molecule has 0 unspecified atom stereocenters. The number of sulfonamides is 1. The third-order valence-electron chi connectivity index (χ3n) is 2.23. The summed E-state index contributed by atoms with van der Waals surface area (Å²) in [5.41, 5.74) is 0.726. The Morgan fingerprint density at radius 3 is 2.47 bits per heavy atom. The van der Waals surface area contributed by atoms with Crippen LogP contribution in [0.15, 0.2) is 23.1 Å². The van der Waals surface area contributed by atoms with Crippen molar-refractivity contribution >= 4 is 27.7 Å². The summed E-state index contributed by atoms with van der Waals surface area (Å²) in [6, 6.07) is 4.12. The number of rotatable bonds is 3. The maximum Gasteiger partial charge on any atom is 0.421 e. The molecule has 0 aliphatic heterocycles. The number of carboxylic acid groups (broad SMARTS) is 1. The summed E-state index contributed by atoms with van der Waals surface area (Å²) >= 11 is 5.82. The summed E-state index contributed by atoms with van der Waals surface area (Å²) in [5.74, 6) is 0. The molecule has 0 saturated heterocycles. The van der Waals surface area contributed by atoms with Crippen molar-refractivity contribution in [1.29, 1.82) is 0 Å². The fourth-order valence-corrected chi connectivity index (χ4v) is 2.82. The molecule has 1 rings (SSSR count). The van der Waals surface area contributed by atoms with Crippen molar-refractivity contribution in [3.8, 4) is 0 Å². The van der Waals surface area contributed by atoms with E-state index in [9.17, 15) is 13.2 Å². The molecule has 1 N–H and O–H groups in total. The Kier molecular flexibility index (Phi) is 4.00. The zero-order chi connectivity index (χ0) is 13.2. The van der Waals surface area contributed by atoms with Gasteiger partial charge in [-0.1, -0.05) is 17.7 Å². The molecule has 0 aliphatic rings. The number of nitrogens with zero attached hydrogens (tertiary/aromatic N) is 1. The number of aryl methyl sites for hydroxylation is 1. The van der Waals surface area contributed by atoms with E-state index in [1.807, 2.05) is 0 Å². The maximum atomic E-state index is 12.0. The van der Waals surface area contributed by atoms with E-state index in [2.05, 4.69) is 0 Å². The first kappa shape index (κ1) is 13.8. The molecule has 0 bridgehead atoms. The van der Waals surface area contributed by atoms with E-state index < -0.39 is 16.1 Å².